The van der Waals surface area contributed by atoms with Gasteiger partial charge < -0.3 is 14.3 Å². The first-order valence-electron chi connectivity index (χ1n) is 11.3. The van der Waals surface area contributed by atoms with E-state index in [2.05, 4.69) is 15.0 Å². The van der Waals surface area contributed by atoms with Gasteiger partial charge >= 0.3 is 0 Å². The molecule has 0 bridgehead atoms. The van der Waals surface area contributed by atoms with Crippen molar-refractivity contribution in [3.63, 3.8) is 0 Å². The summed E-state index contributed by atoms with van der Waals surface area (Å²) in [5.41, 5.74) is 2.82. The average molecular weight is 496 g/mol. The standard InChI is InChI=1S/C25H23ClFN5O3/c1-16-2-5-18(26)14-20(16)30-10-12-31(13-11-30)21(33)8-9-32-15-28-24-22(25(32)34)23(29-35-24)17-3-6-19(27)7-4-17/h2-7,14-15H,8-13H2,1H3. The molecule has 1 aliphatic heterocycles. The molecule has 8 nitrogen and oxygen atoms in total. The van der Waals surface area contributed by atoms with Crippen LogP contribution in [0, 0.1) is 12.7 Å². The van der Waals surface area contributed by atoms with E-state index < -0.39 is 0 Å². The van der Waals surface area contributed by atoms with Crippen LogP contribution in [0.4, 0.5) is 10.1 Å². The number of halogens is 2. The fraction of sp³-hybridized carbons (Fsp3) is 0.280. The number of amides is 1. The van der Waals surface area contributed by atoms with Crippen LogP contribution in [0.15, 0.2) is 58.1 Å². The van der Waals surface area contributed by atoms with Crippen LogP contribution < -0.4 is 10.5 Å². The van der Waals surface area contributed by atoms with Gasteiger partial charge in [0, 0.05) is 55.4 Å². The van der Waals surface area contributed by atoms with Gasteiger partial charge in [-0.05, 0) is 48.9 Å². The topological polar surface area (TPSA) is 84.5 Å². The number of fused-ring (bicyclic) bond motifs is 1. The SMILES string of the molecule is Cc1ccc(Cl)cc1N1CCN(C(=O)CCn2cnc3onc(-c4ccc(F)cc4)c3c2=O)CC1. The molecule has 3 heterocycles. The van der Waals surface area contributed by atoms with Crippen molar-refractivity contribution in [2.75, 3.05) is 31.1 Å². The lowest BCUT2D eigenvalue weighted by atomic mass is 10.1. The molecule has 0 spiro atoms. The Kier molecular flexibility index (Phi) is 6.25. The molecule has 35 heavy (non-hydrogen) atoms. The Balaban J connectivity index is 1.26. The normalized spacial score (nSPS) is 14.0. The van der Waals surface area contributed by atoms with Gasteiger partial charge in [0.2, 0.25) is 5.91 Å². The van der Waals surface area contributed by atoms with Crippen molar-refractivity contribution >= 4 is 34.3 Å². The van der Waals surface area contributed by atoms with E-state index in [9.17, 15) is 14.0 Å². The number of carbonyl (C=O) groups excluding carboxylic acids is 1. The van der Waals surface area contributed by atoms with Crippen molar-refractivity contribution in [2.24, 2.45) is 0 Å². The number of aryl methyl sites for hydroxylation is 2. The molecule has 0 saturated carbocycles. The Morgan fingerprint density at radius 1 is 1.11 bits per heavy atom. The van der Waals surface area contributed by atoms with Gasteiger partial charge in [-0.1, -0.05) is 22.8 Å². The van der Waals surface area contributed by atoms with Gasteiger partial charge in [-0.3, -0.25) is 14.2 Å². The highest BCUT2D eigenvalue weighted by molar-refractivity contribution is 6.30. The zero-order valence-corrected chi connectivity index (χ0v) is 19.8. The van der Waals surface area contributed by atoms with Gasteiger partial charge in [-0.15, -0.1) is 0 Å². The van der Waals surface area contributed by atoms with E-state index in [4.69, 9.17) is 16.1 Å². The van der Waals surface area contributed by atoms with Crippen molar-refractivity contribution in [1.29, 1.82) is 0 Å². The molecule has 5 rings (SSSR count). The molecule has 0 N–H and O–H groups in total. The van der Waals surface area contributed by atoms with Crippen LogP contribution in [-0.2, 0) is 11.3 Å². The van der Waals surface area contributed by atoms with Gasteiger partial charge in [0.25, 0.3) is 11.3 Å². The summed E-state index contributed by atoms with van der Waals surface area (Å²) in [7, 11) is 0. The van der Waals surface area contributed by atoms with Crippen LogP contribution in [0.2, 0.25) is 5.02 Å². The van der Waals surface area contributed by atoms with Crippen molar-refractivity contribution in [3.05, 3.63) is 75.5 Å². The number of carbonyl (C=O) groups is 1. The highest BCUT2D eigenvalue weighted by Crippen LogP contribution is 2.26. The summed E-state index contributed by atoms with van der Waals surface area (Å²) in [6.45, 7) is 4.84. The third kappa shape index (κ3) is 4.64. The van der Waals surface area contributed by atoms with Crippen molar-refractivity contribution in [1.82, 2.24) is 19.6 Å². The highest BCUT2D eigenvalue weighted by Gasteiger charge is 2.23. The maximum absolute atomic E-state index is 13.3. The Bertz CT molecular complexity index is 1440. The lowest BCUT2D eigenvalue weighted by molar-refractivity contribution is -0.131. The second kappa shape index (κ2) is 9.50. The minimum Gasteiger partial charge on any atom is -0.368 e. The van der Waals surface area contributed by atoms with Crippen LogP contribution in [0.5, 0.6) is 0 Å². The van der Waals surface area contributed by atoms with Gasteiger partial charge in [-0.25, -0.2) is 9.37 Å². The molecule has 0 unspecified atom stereocenters. The molecule has 0 radical (unpaired) electrons. The number of anilines is 1. The molecule has 0 atom stereocenters. The number of hydrogen-bond donors (Lipinski definition) is 0. The lowest BCUT2D eigenvalue weighted by Crippen LogP contribution is -2.49. The zero-order chi connectivity index (χ0) is 24.5. The summed E-state index contributed by atoms with van der Waals surface area (Å²) in [6, 6.07) is 11.4. The smallest absolute Gasteiger partial charge is 0.266 e. The second-order valence-corrected chi connectivity index (χ2v) is 8.95. The van der Waals surface area contributed by atoms with Crippen molar-refractivity contribution in [2.45, 2.75) is 19.9 Å². The van der Waals surface area contributed by atoms with Gasteiger partial charge in [0.1, 0.15) is 23.2 Å². The van der Waals surface area contributed by atoms with Crippen LogP contribution >= 0.6 is 11.6 Å². The van der Waals surface area contributed by atoms with Crippen LogP contribution in [0.3, 0.4) is 0 Å². The summed E-state index contributed by atoms with van der Waals surface area (Å²) in [5.74, 6) is -0.414. The molecule has 2 aromatic heterocycles. The quantitative estimate of drug-likeness (QED) is 0.417. The maximum atomic E-state index is 13.3. The number of benzene rings is 2. The highest BCUT2D eigenvalue weighted by atomic mass is 35.5. The predicted molar refractivity (Wildman–Crippen MR) is 131 cm³/mol. The van der Waals surface area contributed by atoms with E-state index in [-0.39, 0.29) is 41.3 Å². The van der Waals surface area contributed by atoms with Gasteiger partial charge in [-0.2, -0.15) is 0 Å². The predicted octanol–water partition coefficient (Wildman–Crippen LogP) is 3.89. The number of hydrogen-bond acceptors (Lipinski definition) is 6. The molecule has 1 aliphatic rings. The van der Waals surface area contributed by atoms with Crippen LogP contribution in [0.25, 0.3) is 22.4 Å². The van der Waals surface area contributed by atoms with E-state index in [1.54, 1.807) is 0 Å². The Morgan fingerprint density at radius 3 is 2.60 bits per heavy atom. The third-order valence-corrected chi connectivity index (χ3v) is 6.53. The molecule has 1 amide bonds. The zero-order valence-electron chi connectivity index (χ0n) is 19.1. The second-order valence-electron chi connectivity index (χ2n) is 8.51. The number of aromatic nitrogens is 3. The number of rotatable bonds is 5. The summed E-state index contributed by atoms with van der Waals surface area (Å²) in [4.78, 5) is 34.2. The third-order valence-electron chi connectivity index (χ3n) is 6.29. The monoisotopic (exact) mass is 495 g/mol. The van der Waals surface area contributed by atoms with E-state index in [0.29, 0.717) is 42.5 Å². The van der Waals surface area contributed by atoms with Crippen molar-refractivity contribution in [3.8, 4) is 11.3 Å². The van der Waals surface area contributed by atoms with Gasteiger partial charge in [0.15, 0.2) is 0 Å². The fourth-order valence-electron chi connectivity index (χ4n) is 4.34. The van der Waals surface area contributed by atoms with E-state index in [1.807, 2.05) is 30.0 Å². The number of piperazine rings is 1. The molecular weight excluding hydrogens is 473 g/mol. The fourth-order valence-corrected chi connectivity index (χ4v) is 4.51. The first-order valence-corrected chi connectivity index (χ1v) is 11.7. The lowest BCUT2D eigenvalue weighted by Gasteiger charge is -2.37. The van der Waals surface area contributed by atoms with E-state index in [0.717, 1.165) is 11.3 Å². The number of nitrogens with zero attached hydrogens (tertiary/aromatic N) is 5. The largest absolute Gasteiger partial charge is 0.368 e. The molecular formula is C25H23ClFN5O3. The molecule has 10 heteroatoms. The minimum atomic E-state index is -0.390. The average Bonchev–Trinajstić information content (AvgIpc) is 3.30. The molecule has 1 saturated heterocycles. The molecule has 180 valence electrons. The first kappa shape index (κ1) is 23.0. The maximum Gasteiger partial charge on any atom is 0.266 e. The Labute approximate surface area is 205 Å². The molecule has 1 fully saturated rings. The summed E-state index contributed by atoms with van der Waals surface area (Å²) < 4.78 is 19.9. The molecule has 4 aromatic rings. The Morgan fingerprint density at radius 2 is 1.86 bits per heavy atom. The van der Waals surface area contributed by atoms with Gasteiger partial charge in [0.05, 0.1) is 0 Å². The van der Waals surface area contributed by atoms with Crippen LogP contribution in [0.1, 0.15) is 12.0 Å². The summed E-state index contributed by atoms with van der Waals surface area (Å²) in [6.07, 6.45) is 1.53. The first-order chi connectivity index (χ1) is 16.9. The summed E-state index contributed by atoms with van der Waals surface area (Å²) in [5, 5.41) is 4.84. The Hall–Kier alpha value is -3.72. The molecule has 0 aliphatic carbocycles. The van der Waals surface area contributed by atoms with E-state index in [1.165, 1.54) is 35.2 Å². The van der Waals surface area contributed by atoms with E-state index >= 15 is 0 Å². The summed E-state index contributed by atoms with van der Waals surface area (Å²) >= 11 is 6.16. The minimum absolute atomic E-state index is 0.0245. The van der Waals surface area contributed by atoms with Crippen LogP contribution in [-0.4, -0.2) is 51.7 Å². The van der Waals surface area contributed by atoms with Crippen molar-refractivity contribution < 1.29 is 13.7 Å². The molecule has 2 aromatic carbocycles.